The van der Waals surface area contributed by atoms with Gasteiger partial charge in [0.25, 0.3) is 0 Å². The van der Waals surface area contributed by atoms with Crippen molar-refractivity contribution >= 4 is 28.5 Å². The summed E-state index contributed by atoms with van der Waals surface area (Å²) in [4.78, 5) is 11.9. The molecule has 0 aliphatic heterocycles. The second kappa shape index (κ2) is 7.51. The molecule has 0 heterocycles. The zero-order valence-corrected chi connectivity index (χ0v) is 12.5. The lowest BCUT2D eigenvalue weighted by atomic mass is 9.88. The lowest BCUT2D eigenvalue weighted by molar-refractivity contribution is -0.129. The van der Waals surface area contributed by atoms with Gasteiger partial charge in [-0.1, -0.05) is 55.2 Å². The molecule has 2 nitrogen and oxygen atoms in total. The molecule has 1 amide bonds. The molecule has 1 N–H and O–H groups in total. The minimum Gasteiger partial charge on any atom is -0.356 e. The second-order valence-electron chi connectivity index (χ2n) is 5.13. The second-order valence-corrected chi connectivity index (χ2v) is 6.21. The molecular weight excluding hydrogens is 313 g/mol. The van der Waals surface area contributed by atoms with E-state index in [-0.39, 0.29) is 5.41 Å². The number of alkyl halides is 1. The van der Waals surface area contributed by atoms with Crippen molar-refractivity contribution in [3.63, 3.8) is 0 Å². The molecule has 1 aliphatic carbocycles. The number of amides is 1. The van der Waals surface area contributed by atoms with Gasteiger partial charge >= 0.3 is 0 Å². The van der Waals surface area contributed by atoms with Crippen LogP contribution < -0.4 is 5.32 Å². The van der Waals surface area contributed by atoms with E-state index in [1.807, 2.05) is 0 Å². The summed E-state index contributed by atoms with van der Waals surface area (Å²) in [6.07, 6.45) is 9.60. The average Bonchev–Trinajstić information content (AvgIpc) is 2.71. The molecule has 0 aromatic carbocycles. The number of hydrogen-bond acceptors (Lipinski definition) is 1. The van der Waals surface area contributed by atoms with Crippen LogP contribution in [0.15, 0.2) is 0 Å². The lowest BCUT2D eigenvalue weighted by Crippen LogP contribution is -2.37. The molecule has 94 valence electrons. The summed E-state index contributed by atoms with van der Waals surface area (Å²) >= 11 is 2.42. The summed E-state index contributed by atoms with van der Waals surface area (Å²) in [6, 6.07) is 0. The van der Waals surface area contributed by atoms with Crippen molar-refractivity contribution in [1.82, 2.24) is 5.32 Å². The van der Waals surface area contributed by atoms with E-state index in [4.69, 9.17) is 0 Å². The van der Waals surface area contributed by atoms with E-state index in [0.29, 0.717) is 5.91 Å². The molecule has 1 aliphatic rings. The van der Waals surface area contributed by atoms with Gasteiger partial charge in [-0.05, 0) is 30.1 Å². The summed E-state index contributed by atoms with van der Waals surface area (Å²) < 4.78 is 1.25. The summed E-state index contributed by atoms with van der Waals surface area (Å²) in [7, 11) is 0. The van der Waals surface area contributed by atoms with E-state index in [0.717, 1.165) is 25.8 Å². The van der Waals surface area contributed by atoms with E-state index in [9.17, 15) is 4.79 Å². The Morgan fingerprint density at radius 3 is 2.44 bits per heavy atom. The van der Waals surface area contributed by atoms with E-state index in [2.05, 4.69) is 34.8 Å². The highest BCUT2D eigenvalue weighted by molar-refractivity contribution is 14.1. The van der Waals surface area contributed by atoms with Crippen molar-refractivity contribution in [2.75, 3.05) is 11.0 Å². The molecule has 3 heteroatoms. The van der Waals surface area contributed by atoms with Crippen molar-refractivity contribution in [3.05, 3.63) is 0 Å². The maximum atomic E-state index is 11.9. The number of halogens is 1. The fraction of sp³-hybridized carbons (Fsp3) is 0.923. The number of unbranched alkanes of at least 4 members (excludes halogenated alkanes) is 3. The van der Waals surface area contributed by atoms with E-state index < -0.39 is 0 Å². The molecule has 1 saturated carbocycles. The molecule has 0 aromatic heterocycles. The first kappa shape index (κ1) is 14.3. The summed E-state index contributed by atoms with van der Waals surface area (Å²) in [5.74, 6) is 0.291. The smallest absolute Gasteiger partial charge is 0.225 e. The molecule has 0 atom stereocenters. The summed E-state index contributed by atoms with van der Waals surface area (Å²) in [5, 5.41) is 3.10. The Bertz CT molecular complexity index is 212. The third kappa shape index (κ3) is 4.60. The minimum absolute atomic E-state index is 0.0534. The highest BCUT2D eigenvalue weighted by Crippen LogP contribution is 2.37. The number of rotatable bonds is 7. The highest BCUT2D eigenvalue weighted by Gasteiger charge is 2.35. The first-order chi connectivity index (χ1) is 7.69. The largest absolute Gasteiger partial charge is 0.356 e. The van der Waals surface area contributed by atoms with Crippen LogP contribution in [0.25, 0.3) is 0 Å². The fourth-order valence-electron chi connectivity index (χ4n) is 2.37. The van der Waals surface area contributed by atoms with Gasteiger partial charge in [0, 0.05) is 12.0 Å². The molecule has 1 rings (SSSR count). The number of carbonyl (C=O) groups excluding carboxylic acids is 1. The molecule has 0 saturated heterocycles. The standard InChI is InChI=1S/C13H24INO/c1-13(8-4-5-9-13)12(16)15-11-7-3-2-6-10-14/h2-11H2,1H3,(H,15,16). The molecule has 1 fully saturated rings. The lowest BCUT2D eigenvalue weighted by Gasteiger charge is -2.22. The maximum absolute atomic E-state index is 11.9. The Hall–Kier alpha value is 0.200. The highest BCUT2D eigenvalue weighted by atomic mass is 127. The molecule has 16 heavy (non-hydrogen) atoms. The van der Waals surface area contributed by atoms with Crippen LogP contribution in [0.4, 0.5) is 0 Å². The summed E-state index contributed by atoms with van der Waals surface area (Å²) in [5.41, 5.74) is -0.0534. The monoisotopic (exact) mass is 337 g/mol. The van der Waals surface area contributed by atoms with Crippen LogP contribution in [0.1, 0.15) is 58.3 Å². The third-order valence-electron chi connectivity index (χ3n) is 3.60. The Kier molecular flexibility index (Phi) is 6.70. The van der Waals surface area contributed by atoms with Crippen LogP contribution in [0.5, 0.6) is 0 Å². The minimum atomic E-state index is -0.0534. The van der Waals surface area contributed by atoms with Crippen LogP contribution in [0.3, 0.4) is 0 Å². The predicted octanol–water partition coefficient (Wildman–Crippen LogP) is 3.68. The van der Waals surface area contributed by atoms with Crippen LogP contribution in [-0.4, -0.2) is 16.9 Å². The number of hydrogen-bond donors (Lipinski definition) is 1. The van der Waals surface area contributed by atoms with Crippen molar-refractivity contribution < 1.29 is 4.79 Å². The van der Waals surface area contributed by atoms with Gasteiger partial charge in [0.15, 0.2) is 0 Å². The van der Waals surface area contributed by atoms with Gasteiger partial charge in [-0.25, -0.2) is 0 Å². The van der Waals surface area contributed by atoms with E-state index >= 15 is 0 Å². The normalized spacial score (nSPS) is 18.6. The molecule has 0 unspecified atom stereocenters. The molecular formula is C13H24INO. The average molecular weight is 337 g/mol. The van der Waals surface area contributed by atoms with Crippen LogP contribution in [0.2, 0.25) is 0 Å². The van der Waals surface area contributed by atoms with Crippen molar-refractivity contribution in [3.8, 4) is 0 Å². The molecule has 0 spiro atoms. The van der Waals surface area contributed by atoms with Crippen LogP contribution in [0, 0.1) is 5.41 Å². The molecule has 0 bridgehead atoms. The Balaban J connectivity index is 2.06. The predicted molar refractivity (Wildman–Crippen MR) is 76.9 cm³/mol. The van der Waals surface area contributed by atoms with Crippen LogP contribution >= 0.6 is 22.6 Å². The summed E-state index contributed by atoms with van der Waals surface area (Å²) in [6.45, 7) is 2.99. The van der Waals surface area contributed by atoms with Gasteiger partial charge in [0.2, 0.25) is 5.91 Å². The SMILES string of the molecule is CC1(C(=O)NCCCCCCI)CCCC1. The van der Waals surface area contributed by atoms with Gasteiger partial charge in [-0.15, -0.1) is 0 Å². The Morgan fingerprint density at radius 2 is 1.81 bits per heavy atom. The first-order valence-corrected chi connectivity index (χ1v) is 8.06. The van der Waals surface area contributed by atoms with E-state index in [1.54, 1.807) is 0 Å². The van der Waals surface area contributed by atoms with Gasteiger partial charge in [0.05, 0.1) is 0 Å². The molecule has 0 radical (unpaired) electrons. The zero-order valence-electron chi connectivity index (χ0n) is 10.4. The Labute approximate surface area is 113 Å². The van der Waals surface area contributed by atoms with Gasteiger partial charge < -0.3 is 5.32 Å². The van der Waals surface area contributed by atoms with Crippen LogP contribution in [-0.2, 0) is 4.79 Å². The number of nitrogens with one attached hydrogen (secondary N) is 1. The van der Waals surface area contributed by atoms with Gasteiger partial charge in [-0.2, -0.15) is 0 Å². The third-order valence-corrected chi connectivity index (χ3v) is 4.36. The quantitative estimate of drug-likeness (QED) is 0.429. The van der Waals surface area contributed by atoms with Crippen molar-refractivity contribution in [2.45, 2.75) is 58.3 Å². The Morgan fingerprint density at radius 1 is 1.19 bits per heavy atom. The topological polar surface area (TPSA) is 29.1 Å². The molecule has 0 aromatic rings. The zero-order chi connectivity index (χ0) is 11.9. The maximum Gasteiger partial charge on any atom is 0.225 e. The van der Waals surface area contributed by atoms with Gasteiger partial charge in [-0.3, -0.25) is 4.79 Å². The number of carbonyl (C=O) groups is 1. The van der Waals surface area contributed by atoms with E-state index in [1.165, 1.54) is 36.5 Å². The first-order valence-electron chi connectivity index (χ1n) is 6.53. The van der Waals surface area contributed by atoms with Crippen molar-refractivity contribution in [1.29, 1.82) is 0 Å². The van der Waals surface area contributed by atoms with Gasteiger partial charge in [0.1, 0.15) is 0 Å². The van der Waals surface area contributed by atoms with Crippen molar-refractivity contribution in [2.24, 2.45) is 5.41 Å². The fourth-order valence-corrected chi connectivity index (χ4v) is 2.91.